The Labute approximate surface area is 121 Å². The summed E-state index contributed by atoms with van der Waals surface area (Å²) in [6, 6.07) is 4.50. The summed E-state index contributed by atoms with van der Waals surface area (Å²) in [6.07, 6.45) is 6.96. The minimum Gasteiger partial charge on any atom is -0.344 e. The highest BCUT2D eigenvalue weighted by atomic mass is 16.2. The molecule has 0 radical (unpaired) electrons. The van der Waals surface area contributed by atoms with Gasteiger partial charge in [0.1, 0.15) is 5.69 Å². The van der Waals surface area contributed by atoms with Gasteiger partial charge in [-0.05, 0) is 57.2 Å². The zero-order chi connectivity index (χ0) is 13.9. The van der Waals surface area contributed by atoms with Gasteiger partial charge in [0.05, 0.1) is 0 Å². The van der Waals surface area contributed by atoms with Crippen molar-refractivity contribution < 1.29 is 4.79 Å². The maximum Gasteiger partial charge on any atom is 0.270 e. The lowest BCUT2D eigenvalue weighted by atomic mass is 10.0. The van der Waals surface area contributed by atoms with E-state index < -0.39 is 0 Å². The molecule has 0 atom stereocenters. The molecule has 0 spiro atoms. The summed E-state index contributed by atoms with van der Waals surface area (Å²) < 4.78 is 2.03. The Morgan fingerprint density at radius 2 is 2.05 bits per heavy atom. The first-order chi connectivity index (χ1) is 9.78. The molecule has 0 aromatic carbocycles. The van der Waals surface area contributed by atoms with E-state index in [0.29, 0.717) is 6.04 Å². The van der Waals surface area contributed by atoms with Gasteiger partial charge in [0.2, 0.25) is 0 Å². The number of nitrogens with zero attached hydrogens (tertiary/aromatic N) is 2. The van der Waals surface area contributed by atoms with E-state index in [0.717, 1.165) is 44.1 Å². The molecule has 1 aliphatic heterocycles. The monoisotopic (exact) mass is 275 g/mol. The number of rotatable bonds is 5. The second kappa shape index (κ2) is 6.00. The van der Waals surface area contributed by atoms with Crippen LogP contribution in [0.3, 0.4) is 0 Å². The van der Waals surface area contributed by atoms with Crippen LogP contribution >= 0.6 is 0 Å². The number of aromatic nitrogens is 1. The fraction of sp³-hybridized carbons (Fsp3) is 0.688. The number of piperidine rings is 1. The summed E-state index contributed by atoms with van der Waals surface area (Å²) in [6.45, 7) is 5.88. The number of likely N-dealkylation sites (tertiary alicyclic amines) is 1. The van der Waals surface area contributed by atoms with Crippen LogP contribution in [0.25, 0.3) is 0 Å². The number of carbonyl (C=O) groups excluding carboxylic acids is 1. The first-order valence-electron chi connectivity index (χ1n) is 7.95. The number of aryl methyl sites for hydroxylation is 1. The van der Waals surface area contributed by atoms with Gasteiger partial charge in [0, 0.05) is 31.9 Å². The lowest BCUT2D eigenvalue weighted by Crippen LogP contribution is -2.45. The van der Waals surface area contributed by atoms with Gasteiger partial charge in [-0.3, -0.25) is 4.79 Å². The molecule has 4 heteroatoms. The summed E-state index contributed by atoms with van der Waals surface area (Å²) in [5.41, 5.74) is 0.830. The summed E-state index contributed by atoms with van der Waals surface area (Å²) in [4.78, 5) is 14.5. The molecule has 1 N–H and O–H groups in total. The highest BCUT2D eigenvalue weighted by Crippen LogP contribution is 2.28. The van der Waals surface area contributed by atoms with Crippen molar-refractivity contribution >= 4 is 5.91 Å². The van der Waals surface area contributed by atoms with Crippen molar-refractivity contribution in [1.82, 2.24) is 14.8 Å². The van der Waals surface area contributed by atoms with Crippen molar-refractivity contribution in [3.8, 4) is 0 Å². The van der Waals surface area contributed by atoms with Crippen molar-refractivity contribution in [2.75, 3.05) is 19.6 Å². The van der Waals surface area contributed by atoms with Gasteiger partial charge in [-0.2, -0.15) is 0 Å². The molecule has 2 fully saturated rings. The molecule has 0 unspecified atom stereocenters. The molecule has 2 heterocycles. The van der Waals surface area contributed by atoms with E-state index in [1.54, 1.807) is 0 Å². The van der Waals surface area contributed by atoms with Crippen molar-refractivity contribution in [3.05, 3.63) is 24.0 Å². The molecule has 1 aliphatic carbocycles. The predicted molar refractivity (Wildman–Crippen MR) is 79.8 cm³/mol. The highest BCUT2D eigenvalue weighted by Gasteiger charge is 2.27. The Morgan fingerprint density at radius 1 is 1.30 bits per heavy atom. The number of amides is 1. The average molecular weight is 275 g/mol. The van der Waals surface area contributed by atoms with Gasteiger partial charge in [-0.1, -0.05) is 0 Å². The van der Waals surface area contributed by atoms with Gasteiger partial charge in [-0.25, -0.2) is 0 Å². The molecule has 4 nitrogen and oxygen atoms in total. The molecule has 0 bridgehead atoms. The van der Waals surface area contributed by atoms with Gasteiger partial charge in [0.15, 0.2) is 0 Å². The van der Waals surface area contributed by atoms with Crippen LogP contribution in [0.2, 0.25) is 0 Å². The summed E-state index contributed by atoms with van der Waals surface area (Å²) in [5, 5.41) is 3.66. The second-order valence-electron chi connectivity index (χ2n) is 6.10. The molecule has 110 valence electrons. The van der Waals surface area contributed by atoms with E-state index in [9.17, 15) is 4.79 Å². The van der Waals surface area contributed by atoms with Crippen LogP contribution in [0.15, 0.2) is 18.3 Å². The molecular formula is C16H25N3O. The molecule has 1 amide bonds. The van der Waals surface area contributed by atoms with Crippen LogP contribution in [0.1, 0.15) is 43.1 Å². The average Bonchev–Trinajstić information content (AvgIpc) is 3.20. The Kier molecular flexibility index (Phi) is 4.10. The Hall–Kier alpha value is -1.29. The molecule has 1 aromatic rings. The topological polar surface area (TPSA) is 37.3 Å². The van der Waals surface area contributed by atoms with Crippen LogP contribution in [-0.2, 0) is 6.54 Å². The summed E-state index contributed by atoms with van der Waals surface area (Å²) in [7, 11) is 0. The van der Waals surface area contributed by atoms with Crippen molar-refractivity contribution in [3.63, 3.8) is 0 Å². The second-order valence-corrected chi connectivity index (χ2v) is 6.10. The first kappa shape index (κ1) is 13.7. The third kappa shape index (κ3) is 3.06. The first-order valence-corrected chi connectivity index (χ1v) is 7.95. The Bertz CT molecular complexity index is 456. The van der Waals surface area contributed by atoms with Crippen molar-refractivity contribution in [2.45, 2.75) is 45.2 Å². The van der Waals surface area contributed by atoms with Crippen molar-refractivity contribution in [1.29, 1.82) is 0 Å². The zero-order valence-electron chi connectivity index (χ0n) is 12.3. The van der Waals surface area contributed by atoms with E-state index in [4.69, 9.17) is 0 Å². The highest BCUT2D eigenvalue weighted by molar-refractivity contribution is 5.92. The SMILES string of the molecule is CCn1cccc1C(=O)N1CCC(NCC2CC2)CC1. The molecule has 3 rings (SSSR count). The lowest BCUT2D eigenvalue weighted by molar-refractivity contribution is 0.0694. The minimum atomic E-state index is 0.192. The zero-order valence-corrected chi connectivity index (χ0v) is 12.3. The third-order valence-electron chi connectivity index (χ3n) is 4.56. The van der Waals surface area contributed by atoms with Crippen molar-refractivity contribution in [2.24, 2.45) is 5.92 Å². The summed E-state index contributed by atoms with van der Waals surface area (Å²) >= 11 is 0. The summed E-state index contributed by atoms with van der Waals surface area (Å²) in [5.74, 6) is 1.12. The fourth-order valence-corrected chi connectivity index (χ4v) is 2.99. The van der Waals surface area contributed by atoms with E-state index in [2.05, 4.69) is 12.2 Å². The quantitative estimate of drug-likeness (QED) is 0.893. The molecule has 2 aliphatic rings. The van der Waals surface area contributed by atoms with Crippen LogP contribution in [-0.4, -0.2) is 41.1 Å². The number of nitrogens with one attached hydrogen (secondary N) is 1. The van der Waals surface area contributed by atoms with E-state index in [-0.39, 0.29) is 5.91 Å². The van der Waals surface area contributed by atoms with Crippen LogP contribution in [0.5, 0.6) is 0 Å². The van der Waals surface area contributed by atoms with E-state index in [1.807, 2.05) is 27.8 Å². The molecular weight excluding hydrogens is 250 g/mol. The largest absolute Gasteiger partial charge is 0.344 e. The smallest absolute Gasteiger partial charge is 0.270 e. The van der Waals surface area contributed by atoms with Crippen LogP contribution < -0.4 is 5.32 Å². The Morgan fingerprint density at radius 3 is 2.70 bits per heavy atom. The predicted octanol–water partition coefficient (Wildman–Crippen LogP) is 2.11. The number of hydrogen-bond donors (Lipinski definition) is 1. The van der Waals surface area contributed by atoms with Gasteiger partial charge in [0.25, 0.3) is 5.91 Å². The number of hydrogen-bond acceptors (Lipinski definition) is 2. The standard InChI is InChI=1S/C16H25N3O/c1-2-18-9-3-4-15(18)16(20)19-10-7-14(8-11-19)17-12-13-5-6-13/h3-4,9,13-14,17H,2,5-8,10-12H2,1H3. The van der Waals surface area contributed by atoms with Gasteiger partial charge >= 0.3 is 0 Å². The fourth-order valence-electron chi connectivity index (χ4n) is 2.99. The molecule has 1 saturated heterocycles. The van der Waals surface area contributed by atoms with Gasteiger partial charge in [-0.15, -0.1) is 0 Å². The molecule has 1 saturated carbocycles. The molecule has 20 heavy (non-hydrogen) atoms. The van der Waals surface area contributed by atoms with Crippen LogP contribution in [0, 0.1) is 5.92 Å². The number of carbonyl (C=O) groups is 1. The Balaban J connectivity index is 1.50. The van der Waals surface area contributed by atoms with E-state index >= 15 is 0 Å². The van der Waals surface area contributed by atoms with Gasteiger partial charge < -0.3 is 14.8 Å². The van der Waals surface area contributed by atoms with E-state index in [1.165, 1.54) is 19.4 Å². The lowest BCUT2D eigenvalue weighted by Gasteiger charge is -2.32. The maximum atomic E-state index is 12.5. The molecule has 1 aromatic heterocycles. The minimum absolute atomic E-state index is 0.192. The third-order valence-corrected chi connectivity index (χ3v) is 4.56. The maximum absolute atomic E-state index is 12.5. The normalized spacial score (nSPS) is 20.4. The van der Waals surface area contributed by atoms with Crippen LogP contribution in [0.4, 0.5) is 0 Å².